The normalized spacial score (nSPS) is 21.9. The van der Waals surface area contributed by atoms with Crippen LogP contribution in [0.5, 0.6) is 0 Å². The number of alkyl halides is 4. The van der Waals surface area contributed by atoms with Gasteiger partial charge in [-0.2, -0.15) is 0 Å². The number of hydrogen-bond donors (Lipinski definition) is 2. The number of halogens is 5. The van der Waals surface area contributed by atoms with Crippen molar-refractivity contribution in [2.24, 2.45) is 0 Å². The number of hydrogen-bond acceptors (Lipinski definition) is 5. The van der Waals surface area contributed by atoms with Crippen LogP contribution in [0.15, 0.2) is 35.3 Å². The molecule has 1 amide bonds. The number of nitrogens with one attached hydrogen (secondary N) is 2. The van der Waals surface area contributed by atoms with Gasteiger partial charge in [-0.25, -0.2) is 22.0 Å². The number of piperidine rings is 1. The number of likely N-dealkylation sites (N-methyl/N-ethyl adjacent to an activating group) is 1. The molecular weight excluding hydrogens is 511 g/mol. The minimum atomic E-state index is -3.04. The molecule has 38 heavy (non-hydrogen) atoms. The summed E-state index contributed by atoms with van der Waals surface area (Å²) in [5.74, 6) is -1.91. The van der Waals surface area contributed by atoms with Gasteiger partial charge in [-0.1, -0.05) is 18.2 Å². The number of aromatic nitrogens is 1. The molecule has 2 aliphatic rings. The van der Waals surface area contributed by atoms with Crippen molar-refractivity contribution in [1.29, 1.82) is 0 Å². The second-order valence-corrected chi connectivity index (χ2v) is 10.0. The lowest BCUT2D eigenvalue weighted by atomic mass is 10.0. The van der Waals surface area contributed by atoms with Crippen LogP contribution in [0, 0.1) is 5.82 Å². The van der Waals surface area contributed by atoms with E-state index in [-0.39, 0.29) is 41.8 Å². The van der Waals surface area contributed by atoms with Crippen molar-refractivity contribution in [3.63, 3.8) is 0 Å². The van der Waals surface area contributed by atoms with Gasteiger partial charge in [0.25, 0.3) is 24.3 Å². The van der Waals surface area contributed by atoms with Crippen LogP contribution in [0.3, 0.4) is 0 Å². The van der Waals surface area contributed by atoms with Gasteiger partial charge in [-0.15, -0.1) is 0 Å². The largest absolute Gasteiger partial charge is 0.379 e. The maximum absolute atomic E-state index is 14.7. The molecule has 1 saturated carbocycles. The number of benzene rings is 1. The predicted molar refractivity (Wildman–Crippen MR) is 131 cm³/mol. The van der Waals surface area contributed by atoms with Crippen molar-refractivity contribution >= 4 is 11.6 Å². The lowest BCUT2D eigenvalue weighted by Crippen LogP contribution is -2.49. The van der Waals surface area contributed by atoms with E-state index < -0.39 is 47.3 Å². The van der Waals surface area contributed by atoms with Crippen molar-refractivity contribution in [1.82, 2.24) is 14.8 Å². The van der Waals surface area contributed by atoms with Crippen molar-refractivity contribution in [2.75, 3.05) is 32.6 Å². The maximum atomic E-state index is 14.7. The molecule has 0 radical (unpaired) electrons. The smallest absolute Gasteiger partial charge is 0.266 e. The Kier molecular flexibility index (Phi) is 8.12. The molecule has 12 heteroatoms. The minimum Gasteiger partial charge on any atom is -0.379 e. The topological polar surface area (TPSA) is 75.6 Å². The molecule has 7 nitrogen and oxygen atoms in total. The fraction of sp³-hybridized carbons (Fsp3) is 0.538. The molecule has 2 aromatic rings. The van der Waals surface area contributed by atoms with Crippen LogP contribution in [0.4, 0.5) is 27.6 Å². The fourth-order valence-corrected chi connectivity index (χ4v) is 4.97. The lowest BCUT2D eigenvalue weighted by Gasteiger charge is -2.37. The van der Waals surface area contributed by atoms with E-state index in [9.17, 15) is 31.5 Å². The van der Waals surface area contributed by atoms with Gasteiger partial charge in [0.1, 0.15) is 11.4 Å². The fourth-order valence-electron chi connectivity index (χ4n) is 4.97. The number of pyridine rings is 1. The number of nitrogens with zero attached hydrogens (tertiary/aromatic N) is 2. The van der Waals surface area contributed by atoms with Crippen LogP contribution in [-0.2, 0) is 10.3 Å². The Morgan fingerprint density at radius 1 is 1.18 bits per heavy atom. The molecular formula is C26H31F5N4O3. The number of likely N-dealkylation sites (tertiary alicyclic amines) is 1. The van der Waals surface area contributed by atoms with Gasteiger partial charge in [0, 0.05) is 31.5 Å². The van der Waals surface area contributed by atoms with Crippen molar-refractivity contribution in [2.45, 2.75) is 62.8 Å². The Morgan fingerprint density at radius 3 is 2.47 bits per heavy atom. The van der Waals surface area contributed by atoms with Gasteiger partial charge in [-0.3, -0.25) is 9.59 Å². The third-order valence-corrected chi connectivity index (χ3v) is 7.46. The molecule has 1 saturated heterocycles. The number of methoxy groups -OCH3 is 1. The van der Waals surface area contributed by atoms with Gasteiger partial charge in [0.05, 0.1) is 35.0 Å². The zero-order valence-corrected chi connectivity index (χ0v) is 21.3. The standard InChI is InChI=1S/C26H31F5N4O3/c1-14(15-5-4-6-16(22(15)27)23(28)29)32-24(37)17-12-35(26(8-9-26)25(30)31)21(36)11-19(17)33-18-7-10-34(2)13-20(18)38-3/h4-6,11-12,14,18,20,23,25,33H,7-10,13H2,1-3H3,(H,32,37)/t14-,18+,20-/m1/s1. The summed E-state index contributed by atoms with van der Waals surface area (Å²) >= 11 is 0. The van der Waals surface area contributed by atoms with E-state index in [2.05, 4.69) is 15.5 Å². The monoisotopic (exact) mass is 542 g/mol. The highest BCUT2D eigenvalue weighted by Crippen LogP contribution is 2.48. The summed E-state index contributed by atoms with van der Waals surface area (Å²) in [6.07, 6.45) is -4.22. The molecule has 0 unspecified atom stereocenters. The third kappa shape index (κ3) is 5.42. The van der Waals surface area contributed by atoms with E-state index in [4.69, 9.17) is 4.74 Å². The Hall–Kier alpha value is -2.99. The summed E-state index contributed by atoms with van der Waals surface area (Å²) in [6.45, 7) is 2.74. The molecule has 1 aromatic heterocycles. The third-order valence-electron chi connectivity index (χ3n) is 7.46. The second kappa shape index (κ2) is 11.0. The van der Waals surface area contributed by atoms with Crippen LogP contribution >= 0.6 is 0 Å². The van der Waals surface area contributed by atoms with Gasteiger partial charge >= 0.3 is 0 Å². The quantitative estimate of drug-likeness (QED) is 0.463. The number of carbonyl (C=O) groups is 1. The summed E-state index contributed by atoms with van der Waals surface area (Å²) in [4.78, 5) is 28.4. The predicted octanol–water partition coefficient (Wildman–Crippen LogP) is 4.30. The molecule has 1 aliphatic carbocycles. The van der Waals surface area contributed by atoms with Crippen LogP contribution in [0.1, 0.15) is 60.1 Å². The van der Waals surface area contributed by atoms with E-state index in [1.165, 1.54) is 19.1 Å². The highest BCUT2D eigenvalue weighted by molar-refractivity contribution is 5.99. The number of anilines is 1. The highest BCUT2D eigenvalue weighted by Gasteiger charge is 2.53. The summed E-state index contributed by atoms with van der Waals surface area (Å²) in [7, 11) is 3.48. The van der Waals surface area contributed by atoms with E-state index in [0.717, 1.165) is 29.4 Å². The number of rotatable bonds is 9. The van der Waals surface area contributed by atoms with Crippen LogP contribution < -0.4 is 16.2 Å². The van der Waals surface area contributed by atoms with E-state index in [0.29, 0.717) is 13.0 Å². The number of carbonyl (C=O) groups excluding carboxylic acids is 1. The second-order valence-electron chi connectivity index (χ2n) is 10.0. The first-order valence-electron chi connectivity index (χ1n) is 12.4. The molecule has 1 aromatic carbocycles. The summed E-state index contributed by atoms with van der Waals surface area (Å²) in [5.41, 5.74) is -3.29. The van der Waals surface area contributed by atoms with E-state index in [1.807, 2.05) is 7.05 Å². The molecule has 0 bridgehead atoms. The van der Waals surface area contributed by atoms with Crippen LogP contribution in [-0.4, -0.2) is 61.2 Å². The van der Waals surface area contributed by atoms with Gasteiger partial charge in [-0.05, 0) is 39.8 Å². The van der Waals surface area contributed by atoms with Gasteiger partial charge in [0.15, 0.2) is 0 Å². The zero-order valence-electron chi connectivity index (χ0n) is 21.3. The Morgan fingerprint density at radius 2 is 1.87 bits per heavy atom. The molecule has 1 aliphatic heterocycles. The maximum Gasteiger partial charge on any atom is 0.266 e. The van der Waals surface area contributed by atoms with Crippen molar-refractivity contribution in [3.05, 3.63) is 63.3 Å². The highest BCUT2D eigenvalue weighted by atomic mass is 19.3. The molecule has 2 N–H and O–H groups in total. The molecule has 0 spiro atoms. The van der Waals surface area contributed by atoms with E-state index >= 15 is 0 Å². The van der Waals surface area contributed by atoms with Crippen LogP contribution in [0.2, 0.25) is 0 Å². The SMILES string of the molecule is CO[C@@H]1CN(C)CC[C@@H]1Nc1cc(=O)n(C2(C(F)F)CC2)cc1C(=O)N[C@H](C)c1cccc(C(F)F)c1F. The average Bonchev–Trinajstić information content (AvgIpc) is 3.67. The van der Waals surface area contributed by atoms with Crippen molar-refractivity contribution in [3.8, 4) is 0 Å². The zero-order chi connectivity index (χ0) is 27.8. The summed E-state index contributed by atoms with van der Waals surface area (Å²) < 4.78 is 75.3. The first-order chi connectivity index (χ1) is 18.0. The lowest BCUT2D eigenvalue weighted by molar-refractivity contribution is 0.0312. The molecule has 2 heterocycles. The Bertz CT molecular complexity index is 1230. The molecule has 208 valence electrons. The Balaban J connectivity index is 1.69. The molecule has 4 rings (SSSR count). The van der Waals surface area contributed by atoms with Crippen molar-refractivity contribution < 1.29 is 31.5 Å². The van der Waals surface area contributed by atoms with Crippen LogP contribution in [0.25, 0.3) is 0 Å². The molecule has 2 fully saturated rings. The number of amides is 1. The number of ether oxygens (including phenoxy) is 1. The van der Waals surface area contributed by atoms with Gasteiger partial charge in [0.2, 0.25) is 0 Å². The van der Waals surface area contributed by atoms with Gasteiger partial charge < -0.3 is 24.8 Å². The summed E-state index contributed by atoms with van der Waals surface area (Å²) in [5, 5.41) is 5.75. The van der Waals surface area contributed by atoms with E-state index in [1.54, 1.807) is 7.11 Å². The minimum absolute atomic E-state index is 0.0845. The summed E-state index contributed by atoms with van der Waals surface area (Å²) in [6, 6.07) is 3.31. The average molecular weight is 543 g/mol. The molecule has 3 atom stereocenters. The first kappa shape index (κ1) is 28.0. The first-order valence-corrected chi connectivity index (χ1v) is 12.4. The Labute approximate surface area is 217 Å².